The molecule has 0 aliphatic carbocycles. The number of hydrogen-bond acceptors (Lipinski definition) is 11. The van der Waals surface area contributed by atoms with E-state index in [1.807, 2.05) is 24.3 Å². The van der Waals surface area contributed by atoms with Gasteiger partial charge in [0, 0.05) is 6.42 Å². The van der Waals surface area contributed by atoms with Gasteiger partial charge in [-0.15, -0.1) is 0 Å². The van der Waals surface area contributed by atoms with Crippen LogP contribution in [0.25, 0.3) is 0 Å². The molecule has 13 heteroatoms. The van der Waals surface area contributed by atoms with Crippen LogP contribution in [0.15, 0.2) is 36.5 Å². The molecule has 7 rings (SSSR count). The fraction of sp³-hybridized carbons (Fsp3) is 0.571. The lowest BCUT2D eigenvalue weighted by atomic mass is 9.83. The Morgan fingerprint density at radius 1 is 0.780 bits per heavy atom. The molecule has 0 spiro atoms. The Hall–Kier alpha value is -3.68. The first kappa shape index (κ1) is 28.8. The summed E-state index contributed by atoms with van der Waals surface area (Å²) >= 11 is 0. The van der Waals surface area contributed by atoms with E-state index in [0.29, 0.717) is 19.4 Å². The fourth-order valence-corrected chi connectivity index (χ4v) is 6.11. The van der Waals surface area contributed by atoms with Gasteiger partial charge in [0.2, 0.25) is 0 Å². The number of carbonyl (C=O) groups excluding carboxylic acids is 4. The lowest BCUT2D eigenvalue weighted by Crippen LogP contribution is -2.36. The first-order valence-corrected chi connectivity index (χ1v) is 13.4. The van der Waals surface area contributed by atoms with E-state index < -0.39 is 47.9 Å². The number of carbonyl (C=O) groups is 6. The molecular weight excluding hydrogens is 544 g/mol. The van der Waals surface area contributed by atoms with E-state index in [-0.39, 0.29) is 53.9 Å². The minimum Gasteiger partial charge on any atom is -0.481 e. The molecule has 41 heavy (non-hydrogen) atoms. The standard InChI is InChI=1S/C12H16O4.C8H8O5.C8H6O4/c1-8(13)3-2-6-15-12(14)10-7-9-4-5-11(10)16-9;9-7(10)5-3-1-2-4(13-3)6(5)8(11)12;9-7-5-3-1-2-4(11-3)6(5)8(10)12-7/h4-5,9-11H,2-3,6-7H2,1H3;1-6H,(H,9,10)(H,11,12);1-6H/t9?,10-,11?;2*3?,4?,5-,6+/m0../s1. The molecule has 0 saturated carbocycles. The number of carboxylic acids is 2. The van der Waals surface area contributed by atoms with Crippen LogP contribution in [0, 0.1) is 29.6 Å². The normalized spacial score (nSPS) is 39.1. The van der Waals surface area contributed by atoms with Gasteiger partial charge < -0.3 is 38.7 Å². The number of ketones is 1. The molecule has 6 unspecified atom stereocenters. The molecule has 4 fully saturated rings. The van der Waals surface area contributed by atoms with Crippen molar-refractivity contribution in [2.75, 3.05) is 6.61 Å². The Bertz CT molecular complexity index is 1160. The van der Waals surface area contributed by atoms with Crippen LogP contribution < -0.4 is 0 Å². The predicted octanol–water partition coefficient (Wildman–Crippen LogP) is 0.607. The van der Waals surface area contributed by atoms with Crippen LogP contribution in [-0.2, 0) is 52.5 Å². The van der Waals surface area contributed by atoms with E-state index in [1.165, 1.54) is 6.92 Å². The van der Waals surface area contributed by atoms with Crippen molar-refractivity contribution in [3.8, 4) is 0 Å². The monoisotopic (exact) mass is 574 g/mol. The van der Waals surface area contributed by atoms with Gasteiger partial charge in [0.05, 0.1) is 49.1 Å². The zero-order valence-corrected chi connectivity index (χ0v) is 22.0. The molecule has 0 radical (unpaired) electrons. The van der Waals surface area contributed by atoms with E-state index >= 15 is 0 Å². The zero-order chi connectivity index (χ0) is 29.4. The van der Waals surface area contributed by atoms with Crippen LogP contribution in [0.4, 0.5) is 0 Å². The van der Waals surface area contributed by atoms with Crippen molar-refractivity contribution < 1.29 is 62.7 Å². The summed E-state index contributed by atoms with van der Waals surface area (Å²) in [6.45, 7) is 1.87. The number of rotatable bonds is 7. The fourth-order valence-electron chi connectivity index (χ4n) is 6.11. The van der Waals surface area contributed by atoms with Crippen LogP contribution in [-0.4, -0.2) is 89.1 Å². The van der Waals surface area contributed by atoms with E-state index in [1.54, 1.807) is 12.2 Å². The quantitative estimate of drug-likeness (QED) is 0.186. The minimum absolute atomic E-state index is 0.0923. The number of Topliss-reactive ketones (excluding diaryl/α,β-unsaturated/α-hetero) is 1. The Labute approximate surface area is 234 Å². The minimum atomic E-state index is -1.11. The second kappa shape index (κ2) is 11.7. The zero-order valence-electron chi connectivity index (χ0n) is 22.0. The Morgan fingerprint density at radius 3 is 1.76 bits per heavy atom. The van der Waals surface area contributed by atoms with Gasteiger partial charge in [0.25, 0.3) is 0 Å². The van der Waals surface area contributed by atoms with Gasteiger partial charge in [0.1, 0.15) is 29.5 Å². The largest absolute Gasteiger partial charge is 0.481 e. The molecule has 13 nitrogen and oxygen atoms in total. The van der Waals surface area contributed by atoms with Crippen molar-refractivity contribution in [3.63, 3.8) is 0 Å². The molecule has 4 saturated heterocycles. The first-order chi connectivity index (χ1) is 19.5. The predicted molar refractivity (Wildman–Crippen MR) is 133 cm³/mol. The maximum absolute atomic E-state index is 11.7. The Balaban J connectivity index is 0.000000125. The summed E-state index contributed by atoms with van der Waals surface area (Å²) in [5.74, 6) is -5.90. The third kappa shape index (κ3) is 5.74. The SMILES string of the molecule is CC(=O)CCCOC(=O)[C@H]1CC2C=CC1O2.O=C(O)[C@@H]1C2C=CC(O2)[C@@H]1C(=O)O.O=C1OC(=O)[C@H]2C3C=CC(O3)[C@@H]12. The van der Waals surface area contributed by atoms with Crippen molar-refractivity contribution in [1.29, 1.82) is 0 Å². The van der Waals surface area contributed by atoms with Gasteiger partial charge in [-0.25, -0.2) is 0 Å². The molecule has 11 atom stereocenters. The van der Waals surface area contributed by atoms with E-state index in [4.69, 9.17) is 29.2 Å². The van der Waals surface area contributed by atoms with E-state index in [2.05, 4.69) is 4.74 Å². The first-order valence-electron chi connectivity index (χ1n) is 13.4. The lowest BCUT2D eigenvalue weighted by Gasteiger charge is -2.16. The molecule has 7 aliphatic rings. The maximum Gasteiger partial charge on any atom is 0.320 e. The summed E-state index contributed by atoms with van der Waals surface area (Å²) < 4.78 is 25.6. The van der Waals surface area contributed by atoms with Crippen molar-refractivity contribution in [1.82, 2.24) is 0 Å². The smallest absolute Gasteiger partial charge is 0.320 e. The highest BCUT2D eigenvalue weighted by molar-refractivity contribution is 5.98. The molecule has 6 bridgehead atoms. The molecular formula is C28H30O13. The van der Waals surface area contributed by atoms with Crippen molar-refractivity contribution >= 4 is 35.6 Å². The average molecular weight is 575 g/mol. The second-order valence-electron chi connectivity index (χ2n) is 10.8. The number of carboxylic acid groups (broad SMARTS) is 2. The molecule has 0 aromatic heterocycles. The summed E-state index contributed by atoms with van der Waals surface area (Å²) in [5.41, 5.74) is 0. The van der Waals surface area contributed by atoms with Gasteiger partial charge in [-0.05, 0) is 19.8 Å². The van der Waals surface area contributed by atoms with Gasteiger partial charge in [0.15, 0.2) is 0 Å². The van der Waals surface area contributed by atoms with E-state index in [9.17, 15) is 28.8 Å². The summed E-state index contributed by atoms with van der Waals surface area (Å²) in [6.07, 6.45) is 11.0. The Kier molecular flexibility index (Phi) is 8.20. The van der Waals surface area contributed by atoms with Crippen molar-refractivity contribution in [2.24, 2.45) is 29.6 Å². The molecule has 220 valence electrons. The van der Waals surface area contributed by atoms with E-state index in [0.717, 1.165) is 6.42 Å². The highest BCUT2D eigenvalue weighted by Gasteiger charge is 2.59. The van der Waals surface area contributed by atoms with Crippen LogP contribution in [0.2, 0.25) is 0 Å². The second-order valence-corrected chi connectivity index (χ2v) is 10.8. The van der Waals surface area contributed by atoms with Crippen LogP contribution in [0.5, 0.6) is 0 Å². The average Bonchev–Trinajstić information content (AvgIpc) is 3.78. The molecule has 2 N–H and O–H groups in total. The third-order valence-corrected chi connectivity index (χ3v) is 8.07. The van der Waals surface area contributed by atoms with Crippen LogP contribution in [0.3, 0.4) is 0 Å². The number of cyclic esters (lactones) is 2. The summed E-state index contributed by atoms with van der Waals surface area (Å²) in [7, 11) is 0. The van der Waals surface area contributed by atoms with Gasteiger partial charge in [-0.2, -0.15) is 0 Å². The molecule has 0 amide bonds. The number of fused-ring (bicyclic) bond motifs is 9. The van der Waals surface area contributed by atoms with Gasteiger partial charge in [-0.3, -0.25) is 24.0 Å². The third-order valence-electron chi connectivity index (χ3n) is 8.07. The summed E-state index contributed by atoms with van der Waals surface area (Å²) in [6, 6.07) is 0. The topological polar surface area (TPSA) is 189 Å². The van der Waals surface area contributed by atoms with Crippen molar-refractivity contribution in [2.45, 2.75) is 62.8 Å². The van der Waals surface area contributed by atoms with Crippen LogP contribution in [0.1, 0.15) is 26.2 Å². The Morgan fingerprint density at radius 2 is 1.29 bits per heavy atom. The maximum atomic E-state index is 11.7. The summed E-state index contributed by atoms with van der Waals surface area (Å²) in [4.78, 5) is 66.0. The lowest BCUT2D eigenvalue weighted by molar-refractivity contribution is -0.156. The summed E-state index contributed by atoms with van der Waals surface area (Å²) in [5, 5.41) is 17.6. The number of ether oxygens (including phenoxy) is 5. The van der Waals surface area contributed by atoms with Gasteiger partial charge >= 0.3 is 29.8 Å². The highest BCUT2D eigenvalue weighted by Crippen LogP contribution is 2.44. The molecule has 7 heterocycles. The molecule has 0 aromatic carbocycles. The van der Waals surface area contributed by atoms with Gasteiger partial charge in [-0.1, -0.05) is 36.5 Å². The molecule has 7 aliphatic heterocycles. The molecule has 0 aromatic rings. The van der Waals surface area contributed by atoms with Crippen molar-refractivity contribution in [3.05, 3.63) is 36.5 Å². The number of aliphatic carboxylic acids is 2. The number of hydrogen-bond donors (Lipinski definition) is 2. The van der Waals surface area contributed by atoms with Crippen LogP contribution >= 0.6 is 0 Å². The highest BCUT2D eigenvalue weighted by atomic mass is 16.6. The number of esters is 3.